The van der Waals surface area contributed by atoms with Crippen LogP contribution in [0.25, 0.3) is 0 Å². The van der Waals surface area contributed by atoms with E-state index in [-0.39, 0.29) is 11.3 Å². The number of aliphatic hydroxyl groups excluding tert-OH is 1. The number of hydrogen-bond acceptors (Lipinski definition) is 3. The fourth-order valence-corrected chi connectivity index (χ4v) is 6.52. The lowest BCUT2D eigenvalue weighted by Crippen LogP contribution is -2.55. The summed E-state index contributed by atoms with van der Waals surface area (Å²) in [6.45, 7) is 0.968. The maximum Gasteiger partial charge on any atom is 0.249 e. The number of aliphatic hydroxyl groups is 1. The SMILES string of the molecule is O=C(NCc1ccc(OCc2ccccc2)cc1)C(O)C12CC3CC(CC(C3)C1)C2. The summed E-state index contributed by atoms with van der Waals surface area (Å²) >= 11 is 0. The van der Waals surface area contributed by atoms with E-state index in [0.29, 0.717) is 13.2 Å². The average Bonchev–Trinajstić information content (AvgIpc) is 2.76. The molecule has 0 saturated heterocycles. The van der Waals surface area contributed by atoms with E-state index in [4.69, 9.17) is 4.74 Å². The summed E-state index contributed by atoms with van der Waals surface area (Å²) in [6.07, 6.45) is 6.15. The highest BCUT2D eigenvalue weighted by Gasteiger charge is 2.55. The van der Waals surface area contributed by atoms with Gasteiger partial charge in [-0.05, 0) is 79.5 Å². The fraction of sp³-hybridized carbons (Fsp3) is 0.500. The zero-order valence-electron chi connectivity index (χ0n) is 17.4. The molecule has 4 heteroatoms. The zero-order chi connectivity index (χ0) is 20.6. The van der Waals surface area contributed by atoms with Crippen molar-refractivity contribution in [1.29, 1.82) is 0 Å². The third kappa shape index (κ3) is 3.98. The van der Waals surface area contributed by atoms with Crippen molar-refractivity contribution in [3.05, 3.63) is 65.7 Å². The molecule has 1 atom stereocenters. The Hall–Kier alpha value is -2.33. The molecule has 0 radical (unpaired) electrons. The number of ether oxygens (including phenoxy) is 1. The number of amides is 1. The summed E-state index contributed by atoms with van der Waals surface area (Å²) in [5, 5.41) is 13.9. The minimum absolute atomic E-state index is 0.173. The van der Waals surface area contributed by atoms with Gasteiger partial charge in [-0.25, -0.2) is 0 Å². The minimum atomic E-state index is -0.876. The maximum atomic E-state index is 12.8. The van der Waals surface area contributed by atoms with Gasteiger partial charge >= 0.3 is 0 Å². The van der Waals surface area contributed by atoms with E-state index >= 15 is 0 Å². The van der Waals surface area contributed by atoms with Crippen LogP contribution in [-0.4, -0.2) is 17.1 Å². The highest BCUT2D eigenvalue weighted by Crippen LogP contribution is 2.61. The standard InChI is InChI=1S/C26H31NO3/c28-24(26-13-20-10-21(14-26)12-22(11-20)15-26)25(29)27-16-18-6-8-23(9-7-18)30-17-19-4-2-1-3-5-19/h1-9,20-22,24,28H,10-17H2,(H,27,29). The molecule has 0 heterocycles. The number of carbonyl (C=O) groups is 1. The Bertz CT molecular complexity index is 842. The summed E-state index contributed by atoms with van der Waals surface area (Å²) < 4.78 is 5.82. The van der Waals surface area contributed by atoms with Crippen LogP contribution in [0.1, 0.15) is 49.7 Å². The van der Waals surface area contributed by atoms with Gasteiger partial charge in [0.15, 0.2) is 0 Å². The molecule has 4 nitrogen and oxygen atoms in total. The Morgan fingerprint density at radius 1 is 0.933 bits per heavy atom. The molecule has 1 unspecified atom stereocenters. The van der Waals surface area contributed by atoms with Crippen LogP contribution in [0.2, 0.25) is 0 Å². The summed E-state index contributed by atoms with van der Waals surface area (Å²) in [7, 11) is 0. The molecule has 4 fully saturated rings. The number of rotatable bonds is 7. The van der Waals surface area contributed by atoms with Crippen LogP contribution >= 0.6 is 0 Å². The Morgan fingerprint density at radius 2 is 1.53 bits per heavy atom. The first kappa shape index (κ1) is 19.6. The van der Waals surface area contributed by atoms with Crippen LogP contribution < -0.4 is 10.1 Å². The Balaban J connectivity index is 1.14. The summed E-state index contributed by atoms with van der Waals surface area (Å²) in [5.41, 5.74) is 1.97. The lowest BCUT2D eigenvalue weighted by atomic mass is 9.48. The Kier molecular flexibility index (Phi) is 5.28. The number of nitrogens with one attached hydrogen (secondary N) is 1. The average molecular weight is 406 g/mol. The highest BCUT2D eigenvalue weighted by atomic mass is 16.5. The van der Waals surface area contributed by atoms with Gasteiger partial charge in [0.25, 0.3) is 0 Å². The van der Waals surface area contributed by atoms with Gasteiger partial charge in [0.1, 0.15) is 18.5 Å². The Morgan fingerprint density at radius 3 is 2.13 bits per heavy atom. The second-order valence-corrected chi connectivity index (χ2v) is 9.82. The first-order valence-electron chi connectivity index (χ1n) is 11.3. The molecule has 0 aromatic heterocycles. The summed E-state index contributed by atoms with van der Waals surface area (Å²) in [4.78, 5) is 12.8. The van der Waals surface area contributed by atoms with Gasteiger partial charge in [-0.1, -0.05) is 42.5 Å². The summed E-state index contributed by atoms with van der Waals surface area (Å²) in [5.74, 6) is 2.77. The molecule has 2 aromatic carbocycles. The predicted molar refractivity (Wildman–Crippen MR) is 116 cm³/mol. The molecule has 4 saturated carbocycles. The van der Waals surface area contributed by atoms with E-state index < -0.39 is 6.10 Å². The monoisotopic (exact) mass is 405 g/mol. The normalized spacial score (nSPS) is 30.1. The number of benzene rings is 2. The van der Waals surface area contributed by atoms with Gasteiger partial charge in [-0.3, -0.25) is 4.79 Å². The molecule has 4 bridgehead atoms. The van der Waals surface area contributed by atoms with Gasteiger partial charge < -0.3 is 15.2 Å². The molecular weight excluding hydrogens is 374 g/mol. The molecule has 0 spiro atoms. The van der Waals surface area contributed by atoms with Crippen LogP contribution in [0.15, 0.2) is 54.6 Å². The Labute approximate surface area is 178 Å². The molecule has 6 rings (SSSR count). The van der Waals surface area contributed by atoms with Crippen LogP contribution in [-0.2, 0) is 17.9 Å². The van der Waals surface area contributed by atoms with Crippen LogP contribution in [0.3, 0.4) is 0 Å². The highest BCUT2D eigenvalue weighted by molar-refractivity contribution is 5.81. The fourth-order valence-electron chi connectivity index (χ4n) is 6.52. The van der Waals surface area contributed by atoms with Gasteiger partial charge in [0, 0.05) is 12.0 Å². The van der Waals surface area contributed by atoms with Crippen molar-refractivity contribution < 1.29 is 14.6 Å². The van der Waals surface area contributed by atoms with Crippen molar-refractivity contribution in [3.8, 4) is 5.75 Å². The second-order valence-electron chi connectivity index (χ2n) is 9.82. The molecular formula is C26H31NO3. The maximum absolute atomic E-state index is 12.8. The molecule has 2 N–H and O–H groups in total. The zero-order valence-corrected chi connectivity index (χ0v) is 17.4. The van der Waals surface area contributed by atoms with Crippen molar-refractivity contribution in [1.82, 2.24) is 5.32 Å². The quantitative estimate of drug-likeness (QED) is 0.715. The predicted octanol–water partition coefficient (Wildman–Crippen LogP) is 4.46. The van der Waals surface area contributed by atoms with Crippen molar-refractivity contribution in [2.45, 2.75) is 57.8 Å². The second kappa shape index (κ2) is 8.07. The van der Waals surface area contributed by atoms with E-state index in [1.807, 2.05) is 54.6 Å². The van der Waals surface area contributed by atoms with Crippen LogP contribution in [0, 0.1) is 23.2 Å². The van der Waals surface area contributed by atoms with Gasteiger partial charge in [-0.2, -0.15) is 0 Å². The molecule has 0 aliphatic heterocycles. The van der Waals surface area contributed by atoms with Gasteiger partial charge in [-0.15, -0.1) is 0 Å². The third-order valence-electron chi connectivity index (χ3n) is 7.55. The molecule has 2 aromatic rings. The molecule has 158 valence electrons. The van der Waals surface area contributed by atoms with Crippen molar-refractivity contribution in [2.75, 3.05) is 0 Å². The largest absolute Gasteiger partial charge is 0.489 e. The van der Waals surface area contributed by atoms with Gasteiger partial charge in [0.2, 0.25) is 5.91 Å². The molecule has 30 heavy (non-hydrogen) atoms. The summed E-state index contributed by atoms with van der Waals surface area (Å²) in [6, 6.07) is 17.9. The van der Waals surface area contributed by atoms with Crippen molar-refractivity contribution >= 4 is 5.91 Å². The first-order valence-corrected chi connectivity index (χ1v) is 11.3. The molecule has 1 amide bonds. The lowest BCUT2D eigenvalue weighted by molar-refractivity contribution is -0.155. The smallest absolute Gasteiger partial charge is 0.249 e. The van der Waals surface area contributed by atoms with E-state index in [1.165, 1.54) is 19.3 Å². The minimum Gasteiger partial charge on any atom is -0.489 e. The molecule has 4 aliphatic rings. The van der Waals surface area contributed by atoms with E-state index in [1.54, 1.807) is 0 Å². The number of carbonyl (C=O) groups excluding carboxylic acids is 1. The third-order valence-corrected chi connectivity index (χ3v) is 7.55. The van der Waals surface area contributed by atoms with E-state index in [0.717, 1.165) is 53.9 Å². The van der Waals surface area contributed by atoms with Crippen LogP contribution in [0.4, 0.5) is 0 Å². The first-order chi connectivity index (χ1) is 14.6. The van der Waals surface area contributed by atoms with Crippen LogP contribution in [0.5, 0.6) is 5.75 Å². The van der Waals surface area contributed by atoms with E-state index in [2.05, 4.69) is 5.32 Å². The van der Waals surface area contributed by atoms with E-state index in [9.17, 15) is 9.90 Å². The van der Waals surface area contributed by atoms with Crippen molar-refractivity contribution in [2.24, 2.45) is 23.2 Å². The van der Waals surface area contributed by atoms with Gasteiger partial charge in [0.05, 0.1) is 0 Å². The topological polar surface area (TPSA) is 58.6 Å². The molecule has 4 aliphatic carbocycles. The lowest BCUT2D eigenvalue weighted by Gasteiger charge is -2.57. The number of hydrogen-bond donors (Lipinski definition) is 2. The van der Waals surface area contributed by atoms with Crippen molar-refractivity contribution in [3.63, 3.8) is 0 Å².